The van der Waals surface area contributed by atoms with Crippen molar-refractivity contribution in [1.82, 2.24) is 5.32 Å². The van der Waals surface area contributed by atoms with Crippen molar-refractivity contribution < 1.29 is 4.79 Å². The molecule has 0 spiro atoms. The highest BCUT2D eigenvalue weighted by Crippen LogP contribution is 2.15. The standard InChI is InChI=1S/C12H17NO/c1-2-3-10-13-12(14)9-8-11-6-4-5-7-11/h2,4-6H,1,3,7-10H2,(H,13,14). The lowest BCUT2D eigenvalue weighted by atomic mass is 10.1. The van der Waals surface area contributed by atoms with Gasteiger partial charge in [-0.3, -0.25) is 4.79 Å². The van der Waals surface area contributed by atoms with Crippen LogP contribution in [0.15, 0.2) is 36.5 Å². The lowest BCUT2D eigenvalue weighted by Gasteiger charge is -2.03. The fourth-order valence-electron chi connectivity index (χ4n) is 1.35. The molecule has 2 nitrogen and oxygen atoms in total. The van der Waals surface area contributed by atoms with Crippen LogP contribution in [0.3, 0.4) is 0 Å². The number of hydrogen-bond acceptors (Lipinski definition) is 1. The molecule has 0 saturated heterocycles. The molecule has 0 aliphatic heterocycles. The average molecular weight is 191 g/mol. The van der Waals surface area contributed by atoms with Crippen LogP contribution >= 0.6 is 0 Å². The summed E-state index contributed by atoms with van der Waals surface area (Å²) in [6.45, 7) is 4.31. The first kappa shape index (κ1) is 10.8. The Bertz CT molecular complexity index is 263. The highest BCUT2D eigenvalue weighted by Gasteiger charge is 2.03. The van der Waals surface area contributed by atoms with Crippen LogP contribution in [0.5, 0.6) is 0 Å². The van der Waals surface area contributed by atoms with E-state index >= 15 is 0 Å². The summed E-state index contributed by atoms with van der Waals surface area (Å²) in [5, 5.41) is 2.85. The van der Waals surface area contributed by atoms with Gasteiger partial charge in [0.05, 0.1) is 0 Å². The maximum Gasteiger partial charge on any atom is 0.220 e. The first-order valence-corrected chi connectivity index (χ1v) is 5.05. The van der Waals surface area contributed by atoms with Crippen molar-refractivity contribution in [2.24, 2.45) is 0 Å². The van der Waals surface area contributed by atoms with E-state index in [9.17, 15) is 4.79 Å². The molecule has 0 fully saturated rings. The average Bonchev–Trinajstić information content (AvgIpc) is 2.68. The third-order valence-electron chi connectivity index (χ3n) is 2.19. The van der Waals surface area contributed by atoms with E-state index in [2.05, 4.69) is 24.0 Å². The molecular weight excluding hydrogens is 174 g/mol. The minimum absolute atomic E-state index is 0.139. The number of rotatable bonds is 6. The van der Waals surface area contributed by atoms with Crippen LogP contribution in [-0.4, -0.2) is 12.5 Å². The molecule has 1 amide bonds. The molecule has 0 saturated carbocycles. The third-order valence-corrected chi connectivity index (χ3v) is 2.19. The zero-order valence-electron chi connectivity index (χ0n) is 8.46. The molecule has 0 radical (unpaired) electrons. The van der Waals surface area contributed by atoms with Gasteiger partial charge in [-0.2, -0.15) is 0 Å². The van der Waals surface area contributed by atoms with Gasteiger partial charge < -0.3 is 5.32 Å². The molecule has 1 aliphatic carbocycles. The lowest BCUT2D eigenvalue weighted by molar-refractivity contribution is -0.121. The van der Waals surface area contributed by atoms with Gasteiger partial charge in [-0.15, -0.1) is 6.58 Å². The van der Waals surface area contributed by atoms with Crippen molar-refractivity contribution in [3.63, 3.8) is 0 Å². The van der Waals surface area contributed by atoms with Crippen molar-refractivity contribution >= 4 is 5.91 Å². The number of carbonyl (C=O) groups excluding carboxylic acids is 1. The van der Waals surface area contributed by atoms with Gasteiger partial charge in [-0.25, -0.2) is 0 Å². The molecule has 1 aliphatic rings. The van der Waals surface area contributed by atoms with E-state index in [1.807, 2.05) is 12.2 Å². The molecule has 1 N–H and O–H groups in total. The Hall–Kier alpha value is -1.31. The fourth-order valence-corrected chi connectivity index (χ4v) is 1.35. The van der Waals surface area contributed by atoms with E-state index in [-0.39, 0.29) is 5.91 Å². The minimum atomic E-state index is 0.139. The van der Waals surface area contributed by atoms with E-state index in [4.69, 9.17) is 0 Å². The summed E-state index contributed by atoms with van der Waals surface area (Å²) in [7, 11) is 0. The second-order valence-electron chi connectivity index (χ2n) is 3.38. The molecular formula is C12H17NO. The molecule has 0 unspecified atom stereocenters. The quantitative estimate of drug-likeness (QED) is 0.506. The lowest BCUT2D eigenvalue weighted by Crippen LogP contribution is -2.23. The summed E-state index contributed by atoms with van der Waals surface area (Å²) in [5.41, 5.74) is 1.35. The topological polar surface area (TPSA) is 29.1 Å². The Labute approximate surface area is 85.4 Å². The number of allylic oxidation sites excluding steroid dienone is 4. The molecule has 76 valence electrons. The van der Waals surface area contributed by atoms with Crippen LogP contribution < -0.4 is 5.32 Å². The van der Waals surface area contributed by atoms with Crippen LogP contribution in [0.1, 0.15) is 25.7 Å². The first-order chi connectivity index (χ1) is 6.83. The molecule has 0 aromatic heterocycles. The fraction of sp³-hybridized carbons (Fsp3) is 0.417. The normalized spacial score (nSPS) is 13.9. The van der Waals surface area contributed by atoms with Gasteiger partial charge in [0.1, 0.15) is 0 Å². The maximum atomic E-state index is 11.3. The van der Waals surface area contributed by atoms with Crippen molar-refractivity contribution in [3.8, 4) is 0 Å². The number of hydrogen-bond donors (Lipinski definition) is 1. The molecule has 2 heteroatoms. The number of carbonyl (C=O) groups is 1. The van der Waals surface area contributed by atoms with Gasteiger partial charge in [0, 0.05) is 13.0 Å². The Morgan fingerprint density at radius 1 is 1.64 bits per heavy atom. The summed E-state index contributed by atoms with van der Waals surface area (Å²) in [4.78, 5) is 11.3. The Balaban J connectivity index is 2.06. The Morgan fingerprint density at radius 3 is 3.14 bits per heavy atom. The van der Waals surface area contributed by atoms with Crippen LogP contribution in [0.25, 0.3) is 0 Å². The molecule has 14 heavy (non-hydrogen) atoms. The summed E-state index contributed by atoms with van der Waals surface area (Å²) >= 11 is 0. The molecule has 0 bridgehead atoms. The molecule has 0 atom stereocenters. The van der Waals surface area contributed by atoms with E-state index in [0.29, 0.717) is 13.0 Å². The highest BCUT2D eigenvalue weighted by molar-refractivity contribution is 5.76. The third kappa shape index (κ3) is 4.08. The van der Waals surface area contributed by atoms with Gasteiger partial charge in [0.2, 0.25) is 5.91 Å². The van der Waals surface area contributed by atoms with E-state index in [1.54, 1.807) is 0 Å². The van der Waals surface area contributed by atoms with Crippen molar-refractivity contribution in [2.75, 3.05) is 6.54 Å². The van der Waals surface area contributed by atoms with Gasteiger partial charge in [-0.05, 0) is 19.3 Å². The number of nitrogens with one attached hydrogen (secondary N) is 1. The van der Waals surface area contributed by atoms with Gasteiger partial charge in [0.15, 0.2) is 0 Å². The van der Waals surface area contributed by atoms with Crippen LogP contribution in [0.2, 0.25) is 0 Å². The van der Waals surface area contributed by atoms with Crippen LogP contribution in [-0.2, 0) is 4.79 Å². The van der Waals surface area contributed by atoms with Crippen LogP contribution in [0, 0.1) is 0 Å². The second kappa shape index (κ2) is 6.19. The summed E-state index contributed by atoms with van der Waals surface area (Å²) in [5.74, 6) is 0.139. The van der Waals surface area contributed by atoms with Crippen molar-refractivity contribution in [1.29, 1.82) is 0 Å². The largest absolute Gasteiger partial charge is 0.356 e. The zero-order valence-corrected chi connectivity index (χ0v) is 8.46. The zero-order chi connectivity index (χ0) is 10.2. The maximum absolute atomic E-state index is 11.3. The Morgan fingerprint density at radius 2 is 2.50 bits per heavy atom. The number of amides is 1. The monoisotopic (exact) mass is 191 g/mol. The van der Waals surface area contributed by atoms with Gasteiger partial charge >= 0.3 is 0 Å². The smallest absolute Gasteiger partial charge is 0.220 e. The van der Waals surface area contributed by atoms with Gasteiger partial charge in [-0.1, -0.05) is 29.9 Å². The molecule has 0 heterocycles. The summed E-state index contributed by atoms with van der Waals surface area (Å²) in [6, 6.07) is 0. The van der Waals surface area contributed by atoms with Crippen molar-refractivity contribution in [2.45, 2.75) is 25.7 Å². The molecule has 1 rings (SSSR count). The van der Waals surface area contributed by atoms with Crippen molar-refractivity contribution in [3.05, 3.63) is 36.5 Å². The van der Waals surface area contributed by atoms with E-state index in [1.165, 1.54) is 5.57 Å². The molecule has 0 aromatic rings. The Kier molecular flexibility index (Phi) is 4.76. The van der Waals surface area contributed by atoms with E-state index < -0.39 is 0 Å². The van der Waals surface area contributed by atoms with Gasteiger partial charge in [0.25, 0.3) is 0 Å². The predicted molar refractivity (Wildman–Crippen MR) is 58.9 cm³/mol. The minimum Gasteiger partial charge on any atom is -0.356 e. The summed E-state index contributed by atoms with van der Waals surface area (Å²) in [6.07, 6.45) is 11.4. The van der Waals surface area contributed by atoms with Crippen LogP contribution in [0.4, 0.5) is 0 Å². The van der Waals surface area contributed by atoms with E-state index in [0.717, 1.165) is 19.3 Å². The first-order valence-electron chi connectivity index (χ1n) is 5.05. The highest BCUT2D eigenvalue weighted by atomic mass is 16.1. The second-order valence-corrected chi connectivity index (χ2v) is 3.38. The predicted octanol–water partition coefficient (Wildman–Crippen LogP) is 2.35. The summed E-state index contributed by atoms with van der Waals surface area (Å²) < 4.78 is 0. The molecule has 0 aromatic carbocycles. The SMILES string of the molecule is C=CCCNC(=O)CCC1=CC=CC1.